The summed E-state index contributed by atoms with van der Waals surface area (Å²) in [7, 11) is -3.68. The van der Waals surface area contributed by atoms with E-state index in [4.69, 9.17) is 5.26 Å². The summed E-state index contributed by atoms with van der Waals surface area (Å²) >= 11 is 0.976. The summed E-state index contributed by atoms with van der Waals surface area (Å²) in [6, 6.07) is 17.6. The Morgan fingerprint density at radius 1 is 1.11 bits per heavy atom. The van der Waals surface area contributed by atoms with Gasteiger partial charge in [-0.3, -0.25) is 4.31 Å². The number of hydrogen-bond acceptors (Lipinski definition) is 4. The van der Waals surface area contributed by atoms with E-state index in [-0.39, 0.29) is 4.21 Å². The predicted molar refractivity (Wildman–Crippen MR) is 109 cm³/mol. The van der Waals surface area contributed by atoms with Crippen LogP contribution >= 0.6 is 11.3 Å². The number of benzene rings is 2. The zero-order valence-electron chi connectivity index (χ0n) is 14.7. The molecule has 1 aliphatic heterocycles. The Kier molecular flexibility index (Phi) is 4.53. The van der Waals surface area contributed by atoms with Gasteiger partial charge in [-0.15, -0.1) is 11.3 Å². The van der Waals surface area contributed by atoms with Crippen molar-refractivity contribution in [3.63, 3.8) is 0 Å². The van der Waals surface area contributed by atoms with Crippen LogP contribution in [0.15, 0.2) is 65.4 Å². The van der Waals surface area contributed by atoms with E-state index in [9.17, 15) is 12.8 Å². The Bertz CT molecular complexity index is 1220. The van der Waals surface area contributed by atoms with Crippen molar-refractivity contribution in [2.75, 3.05) is 10.8 Å². The lowest BCUT2D eigenvalue weighted by Crippen LogP contribution is -2.28. The number of anilines is 1. The first-order valence-corrected chi connectivity index (χ1v) is 10.8. The molecule has 0 saturated carbocycles. The second kappa shape index (κ2) is 6.89. The van der Waals surface area contributed by atoms with Gasteiger partial charge >= 0.3 is 0 Å². The van der Waals surface area contributed by atoms with E-state index in [2.05, 4.69) is 6.58 Å². The molecule has 3 aromatic rings. The second-order valence-electron chi connectivity index (χ2n) is 6.38. The molecule has 7 heteroatoms. The van der Waals surface area contributed by atoms with Crippen molar-refractivity contribution in [2.45, 2.75) is 10.6 Å². The largest absolute Gasteiger partial charge is 0.273 e. The molecule has 4 nitrogen and oxygen atoms in total. The minimum absolute atomic E-state index is 0.169. The highest BCUT2D eigenvalue weighted by molar-refractivity contribution is 7.94. The van der Waals surface area contributed by atoms with Crippen LogP contribution in [0.5, 0.6) is 0 Å². The standard InChI is InChI=1S/C21H15FN2O2S2/c1-14(22)15-2-4-16(5-3-15)17-6-8-20-18(12-17)10-11-24(20)28(25,26)21-9-7-19(13-23)27-21/h2-9,12H,1,10-11H2. The quantitative estimate of drug-likeness (QED) is 0.610. The Morgan fingerprint density at radius 3 is 2.46 bits per heavy atom. The molecule has 1 aromatic heterocycles. The summed E-state index contributed by atoms with van der Waals surface area (Å²) in [6.07, 6.45) is 0.609. The average Bonchev–Trinajstić information content (AvgIpc) is 3.35. The van der Waals surface area contributed by atoms with Crippen LogP contribution in [0, 0.1) is 11.3 Å². The van der Waals surface area contributed by atoms with Crippen LogP contribution in [0.3, 0.4) is 0 Å². The average molecular weight is 410 g/mol. The van der Waals surface area contributed by atoms with Crippen LogP contribution in [-0.4, -0.2) is 15.0 Å². The normalized spacial score (nSPS) is 13.2. The van der Waals surface area contributed by atoms with Crippen molar-refractivity contribution >= 4 is 32.9 Å². The maximum Gasteiger partial charge on any atom is 0.273 e. The van der Waals surface area contributed by atoms with E-state index in [1.165, 1.54) is 16.4 Å². The van der Waals surface area contributed by atoms with Crippen molar-refractivity contribution in [3.05, 3.63) is 77.2 Å². The third-order valence-corrected chi connectivity index (χ3v) is 7.97. The number of sulfonamides is 1. The molecule has 0 radical (unpaired) electrons. The Labute approximate surface area is 166 Å². The van der Waals surface area contributed by atoms with Crippen molar-refractivity contribution in [2.24, 2.45) is 0 Å². The van der Waals surface area contributed by atoms with E-state index in [0.717, 1.165) is 28.0 Å². The molecule has 0 saturated heterocycles. The maximum atomic E-state index is 13.2. The predicted octanol–water partition coefficient (Wildman–Crippen LogP) is 4.98. The minimum atomic E-state index is -3.68. The molecule has 0 atom stereocenters. The second-order valence-corrected chi connectivity index (χ2v) is 9.56. The SMILES string of the molecule is C=C(F)c1ccc(-c2ccc3c(c2)CCN3S(=O)(=O)c2ccc(C#N)s2)cc1. The number of nitriles is 1. The highest BCUT2D eigenvalue weighted by Crippen LogP contribution is 2.37. The van der Waals surface area contributed by atoms with Crippen LogP contribution in [0.25, 0.3) is 17.0 Å². The van der Waals surface area contributed by atoms with Gasteiger partial charge in [0, 0.05) is 12.1 Å². The number of nitrogens with zero attached hydrogens (tertiary/aromatic N) is 2. The summed E-state index contributed by atoms with van der Waals surface area (Å²) in [6.45, 7) is 3.65. The van der Waals surface area contributed by atoms with Gasteiger partial charge < -0.3 is 0 Å². The van der Waals surface area contributed by atoms with Crippen molar-refractivity contribution < 1.29 is 12.8 Å². The summed E-state index contributed by atoms with van der Waals surface area (Å²) in [4.78, 5) is 0.368. The van der Waals surface area contributed by atoms with Crippen molar-refractivity contribution in [3.8, 4) is 17.2 Å². The van der Waals surface area contributed by atoms with Gasteiger partial charge in [0.2, 0.25) is 0 Å². The molecule has 0 fully saturated rings. The first-order valence-electron chi connectivity index (χ1n) is 8.51. The molecule has 0 unspecified atom stereocenters. The lowest BCUT2D eigenvalue weighted by molar-refractivity contribution is 0.594. The molecule has 4 rings (SSSR count). The summed E-state index contributed by atoms with van der Waals surface area (Å²) in [5.41, 5.74) is 3.90. The lowest BCUT2D eigenvalue weighted by atomic mass is 10.0. The Balaban J connectivity index is 1.67. The fraction of sp³-hybridized carbons (Fsp3) is 0.0952. The molecule has 0 bridgehead atoms. The van der Waals surface area contributed by atoms with Crippen LogP contribution in [0.2, 0.25) is 0 Å². The van der Waals surface area contributed by atoms with Gasteiger partial charge in [0.25, 0.3) is 10.0 Å². The highest BCUT2D eigenvalue weighted by Gasteiger charge is 2.32. The number of thiophene rings is 1. The summed E-state index contributed by atoms with van der Waals surface area (Å²) in [5, 5.41) is 8.95. The van der Waals surface area contributed by atoms with E-state index >= 15 is 0 Å². The fourth-order valence-electron chi connectivity index (χ4n) is 3.27. The van der Waals surface area contributed by atoms with Crippen LogP contribution in [0.1, 0.15) is 16.0 Å². The first-order chi connectivity index (χ1) is 13.4. The summed E-state index contributed by atoms with van der Waals surface area (Å²) in [5.74, 6) is -0.477. The molecule has 0 N–H and O–H groups in total. The van der Waals surface area contributed by atoms with Crippen LogP contribution < -0.4 is 4.31 Å². The number of fused-ring (bicyclic) bond motifs is 1. The van der Waals surface area contributed by atoms with Gasteiger partial charge in [0.1, 0.15) is 21.0 Å². The van der Waals surface area contributed by atoms with Gasteiger partial charge in [0.05, 0.1) is 5.69 Å². The zero-order valence-corrected chi connectivity index (χ0v) is 16.4. The fourth-order valence-corrected chi connectivity index (χ4v) is 5.99. The third-order valence-electron chi connectivity index (χ3n) is 4.70. The van der Waals surface area contributed by atoms with Gasteiger partial charge in [-0.2, -0.15) is 5.26 Å². The van der Waals surface area contributed by atoms with Crippen molar-refractivity contribution in [1.29, 1.82) is 5.26 Å². The maximum absolute atomic E-state index is 13.2. The molecule has 0 amide bonds. The van der Waals surface area contributed by atoms with Crippen molar-refractivity contribution in [1.82, 2.24) is 0 Å². The van der Waals surface area contributed by atoms with E-state index in [0.29, 0.717) is 29.1 Å². The molecule has 1 aliphatic rings. The molecule has 2 heterocycles. The Morgan fingerprint density at radius 2 is 1.82 bits per heavy atom. The smallest absolute Gasteiger partial charge is 0.265 e. The van der Waals surface area contributed by atoms with Gasteiger partial charge in [-0.25, -0.2) is 12.8 Å². The molecular weight excluding hydrogens is 395 g/mol. The molecule has 0 aliphatic carbocycles. The third kappa shape index (κ3) is 3.11. The number of rotatable bonds is 4. The van der Waals surface area contributed by atoms with Crippen LogP contribution in [-0.2, 0) is 16.4 Å². The van der Waals surface area contributed by atoms with Crippen LogP contribution in [0.4, 0.5) is 10.1 Å². The monoisotopic (exact) mass is 410 g/mol. The van der Waals surface area contributed by atoms with E-state index < -0.39 is 15.9 Å². The van der Waals surface area contributed by atoms with E-state index in [1.807, 2.05) is 30.3 Å². The zero-order chi connectivity index (χ0) is 19.9. The number of hydrogen-bond donors (Lipinski definition) is 0. The molecule has 28 heavy (non-hydrogen) atoms. The Hall–Kier alpha value is -2.95. The minimum Gasteiger partial charge on any atom is -0.265 e. The number of halogens is 1. The van der Waals surface area contributed by atoms with E-state index in [1.54, 1.807) is 18.2 Å². The highest BCUT2D eigenvalue weighted by atomic mass is 32.2. The summed E-state index contributed by atoms with van der Waals surface area (Å²) < 4.78 is 40.7. The van der Waals surface area contributed by atoms with Gasteiger partial charge in [0.15, 0.2) is 0 Å². The molecule has 0 spiro atoms. The van der Waals surface area contributed by atoms with Gasteiger partial charge in [-0.1, -0.05) is 36.9 Å². The first kappa shape index (κ1) is 18.4. The lowest BCUT2D eigenvalue weighted by Gasteiger charge is -2.18. The molecule has 2 aromatic carbocycles. The molecule has 140 valence electrons. The topological polar surface area (TPSA) is 61.2 Å². The van der Waals surface area contributed by atoms with Gasteiger partial charge in [-0.05, 0) is 47.4 Å². The molecular formula is C21H15FN2O2S2.